The zero-order valence-corrected chi connectivity index (χ0v) is 44.4. The van der Waals surface area contributed by atoms with Gasteiger partial charge in [-0.15, -0.1) is 6.58 Å². The van der Waals surface area contributed by atoms with Crippen LogP contribution in [-0.4, -0.2) is 129 Å². The lowest BCUT2D eigenvalue weighted by Crippen LogP contribution is -2.61. The van der Waals surface area contributed by atoms with Crippen molar-refractivity contribution < 1.29 is 38.0 Å². The van der Waals surface area contributed by atoms with E-state index in [1.54, 1.807) is 24.3 Å². The first-order chi connectivity index (χ1) is 34.6. The molecule has 7 atom stereocenters. The molecule has 17 nitrogen and oxygen atoms in total. The fraction of sp³-hybridized carbons (Fsp3) is 0.536. The van der Waals surface area contributed by atoms with Crippen molar-refractivity contribution in [2.75, 3.05) is 20.6 Å². The molecule has 1 fully saturated rings. The van der Waals surface area contributed by atoms with E-state index < -0.39 is 89.2 Å². The molecule has 2 aliphatic rings. The summed E-state index contributed by atoms with van der Waals surface area (Å²) in [7, 11) is 3.01. The van der Waals surface area contributed by atoms with Gasteiger partial charge in [0.25, 0.3) is 0 Å². The Morgan fingerprint density at radius 1 is 0.753 bits per heavy atom. The predicted octanol–water partition coefficient (Wildman–Crippen LogP) is 5.95. The molecular formula is C56H77N9O8. The molecule has 6 rings (SSSR count). The van der Waals surface area contributed by atoms with Crippen LogP contribution in [0.25, 0.3) is 22.0 Å². The average molecular weight is 1000 g/mol. The summed E-state index contributed by atoms with van der Waals surface area (Å²) in [5, 5.41) is 12.6. The van der Waals surface area contributed by atoms with Crippen molar-refractivity contribution in [2.24, 2.45) is 11.8 Å². The van der Waals surface area contributed by atoms with Crippen molar-refractivity contribution in [3.05, 3.63) is 91.0 Å². The first-order valence-electron chi connectivity index (χ1n) is 25.9. The van der Waals surface area contributed by atoms with Gasteiger partial charge in [-0.3, -0.25) is 33.6 Å². The van der Waals surface area contributed by atoms with E-state index in [-0.39, 0.29) is 62.8 Å². The van der Waals surface area contributed by atoms with E-state index in [2.05, 4.69) is 37.4 Å². The quantitative estimate of drug-likeness (QED) is 0.117. The number of carbonyl (C=O) groups excluding carboxylic acids is 7. The molecule has 0 aliphatic carbocycles. The Balaban J connectivity index is 1.50. The van der Waals surface area contributed by atoms with Gasteiger partial charge in [-0.25, -0.2) is 4.98 Å². The normalized spacial score (nSPS) is 24.2. The van der Waals surface area contributed by atoms with Crippen molar-refractivity contribution in [2.45, 2.75) is 161 Å². The van der Waals surface area contributed by atoms with Gasteiger partial charge in [-0.2, -0.15) is 0 Å². The smallest absolute Gasteiger partial charge is 0.246 e. The Morgan fingerprint density at radius 3 is 2.07 bits per heavy atom. The lowest BCUT2D eigenvalue weighted by molar-refractivity contribution is -0.150. The van der Waals surface area contributed by atoms with E-state index in [1.807, 2.05) is 97.2 Å². The highest BCUT2D eigenvalue weighted by Crippen LogP contribution is 2.30. The number of allylic oxidation sites excluding steroid dienone is 1. The number of para-hydroxylation sites is 3. The number of fused-ring (bicyclic) bond motifs is 4. The average Bonchev–Trinajstić information content (AvgIpc) is 3.94. The third kappa shape index (κ3) is 13.3. The van der Waals surface area contributed by atoms with Crippen molar-refractivity contribution in [3.63, 3.8) is 0 Å². The lowest BCUT2D eigenvalue weighted by Gasteiger charge is -2.38. The second-order valence-electron chi connectivity index (χ2n) is 21.2. The number of aromatic nitrogens is 2. The Kier molecular flexibility index (Phi) is 18.5. The van der Waals surface area contributed by atoms with Crippen LogP contribution in [-0.2, 0) is 51.9 Å². The number of rotatable bonds is 13. The Bertz CT molecular complexity index is 2650. The number of oxazole rings is 1. The predicted molar refractivity (Wildman–Crippen MR) is 282 cm³/mol. The fourth-order valence-electron chi connectivity index (χ4n) is 9.82. The molecule has 1 saturated heterocycles. The van der Waals surface area contributed by atoms with Crippen LogP contribution in [0, 0.1) is 11.8 Å². The first-order valence-corrected chi connectivity index (χ1v) is 25.9. The Labute approximate surface area is 429 Å². The summed E-state index contributed by atoms with van der Waals surface area (Å²) in [5.74, 6) is -4.16. The monoisotopic (exact) mass is 1000 g/mol. The highest BCUT2D eigenvalue weighted by Gasteiger charge is 2.41. The summed E-state index contributed by atoms with van der Waals surface area (Å²) in [6.07, 6.45) is 9.87. The number of hydrogen-bond acceptors (Lipinski definition) is 9. The van der Waals surface area contributed by atoms with Gasteiger partial charge in [-0.05, 0) is 88.5 Å². The zero-order valence-electron chi connectivity index (χ0n) is 44.4. The summed E-state index contributed by atoms with van der Waals surface area (Å²) < 4.78 is 8.11. The molecule has 0 saturated carbocycles. The molecule has 4 aromatic rings. The second kappa shape index (κ2) is 24.3. The van der Waals surface area contributed by atoms with Crippen LogP contribution in [0.3, 0.4) is 0 Å². The summed E-state index contributed by atoms with van der Waals surface area (Å²) >= 11 is 0. The van der Waals surface area contributed by atoms with Gasteiger partial charge >= 0.3 is 0 Å². The van der Waals surface area contributed by atoms with Gasteiger partial charge in [-0.1, -0.05) is 96.0 Å². The number of hydrogen-bond donors (Lipinski definition) is 4. The third-order valence-electron chi connectivity index (χ3n) is 14.1. The number of unbranched alkanes of at least 4 members (excludes halogenated alkanes) is 1. The second-order valence-corrected chi connectivity index (χ2v) is 21.2. The SMILES string of the molecule is C=CC(C)(C)n1cc(C[C@@H]2NC(=O)[C@H](CCCC)NC(=O)[C@H](CC(C)C)N3CC/C=C\C[C@@H](C3=O)N(C)C(=O)[C@H](C)NC(=O)[C@H](Cc3nc4ccccc4o3)NC(=O)[C@H](CC(C)C)N(C)C2=O)c2ccccc21. The topological polar surface area (TPSA) is 208 Å². The third-order valence-corrected chi connectivity index (χ3v) is 14.1. The van der Waals surface area contributed by atoms with Crippen LogP contribution < -0.4 is 21.3 Å². The molecule has 0 unspecified atom stereocenters. The van der Waals surface area contributed by atoms with Crippen LogP contribution in [0.4, 0.5) is 0 Å². The van der Waals surface area contributed by atoms with Gasteiger partial charge in [0.15, 0.2) is 11.5 Å². The summed E-state index contributed by atoms with van der Waals surface area (Å²) in [5.41, 5.74) is 2.12. The number of amides is 7. The number of carbonyl (C=O) groups is 7. The molecule has 394 valence electrons. The van der Waals surface area contributed by atoms with Crippen LogP contribution in [0.1, 0.15) is 112 Å². The van der Waals surface area contributed by atoms with E-state index in [9.17, 15) is 28.8 Å². The highest BCUT2D eigenvalue weighted by molar-refractivity contribution is 5.99. The molecule has 4 heterocycles. The van der Waals surface area contributed by atoms with Crippen LogP contribution in [0.2, 0.25) is 0 Å². The molecular weight excluding hydrogens is 927 g/mol. The standard InChI is InChI=1S/C56H77N9O8/c1-12-14-23-40-49(66)61-42(31-37-33-65(56(8,9)13-2)43-25-19-17-22-38(37)43)54(71)63(11)45(29-34(3)4)51(68)60-41(32-48-58-39-24-18-20-27-47(39)73-48)50(67)57-36(7)53(70)62(10)44-26-16-15-21-28-64(55(44)72)46(30-35(5)6)52(69)59-40/h13,15-20,22,24-25,27,33-36,40-42,44-46H,2,12,14,21,23,26,28-32H2,1,3-11H3,(H,57,67)(H,59,69)(H,60,68)(H,61,66)/b16-15-/t36-,40-,41-,42-,44-,45-,46-/m0/s1. The van der Waals surface area contributed by atoms with E-state index in [0.29, 0.717) is 30.4 Å². The highest BCUT2D eigenvalue weighted by atomic mass is 16.3. The van der Waals surface area contributed by atoms with Gasteiger partial charge < -0.3 is 45.0 Å². The zero-order chi connectivity index (χ0) is 53.3. The number of nitrogens with one attached hydrogen (secondary N) is 4. The van der Waals surface area contributed by atoms with Crippen molar-refractivity contribution in [1.29, 1.82) is 0 Å². The van der Waals surface area contributed by atoms with E-state index in [4.69, 9.17) is 4.42 Å². The first kappa shape index (κ1) is 55.5. The van der Waals surface area contributed by atoms with Crippen LogP contribution >= 0.6 is 0 Å². The minimum Gasteiger partial charge on any atom is -0.441 e. The largest absolute Gasteiger partial charge is 0.441 e. The number of nitrogens with zero attached hydrogens (tertiary/aromatic N) is 5. The van der Waals surface area contributed by atoms with Gasteiger partial charge in [0.2, 0.25) is 41.4 Å². The molecule has 17 heteroatoms. The van der Waals surface area contributed by atoms with Gasteiger partial charge in [0, 0.05) is 44.2 Å². The molecule has 2 aliphatic heterocycles. The maximum atomic E-state index is 15.4. The van der Waals surface area contributed by atoms with Crippen molar-refractivity contribution in [1.82, 2.24) is 45.5 Å². The van der Waals surface area contributed by atoms with Gasteiger partial charge in [0.05, 0.1) is 12.0 Å². The summed E-state index contributed by atoms with van der Waals surface area (Å²) in [6, 6.07) is 6.75. The van der Waals surface area contributed by atoms with E-state index >= 15 is 4.79 Å². The van der Waals surface area contributed by atoms with Crippen LogP contribution in [0.15, 0.2) is 84.0 Å². The van der Waals surface area contributed by atoms with E-state index in [1.165, 1.54) is 35.7 Å². The van der Waals surface area contributed by atoms with E-state index in [0.717, 1.165) is 16.5 Å². The van der Waals surface area contributed by atoms with Crippen LogP contribution in [0.5, 0.6) is 0 Å². The fourth-order valence-corrected chi connectivity index (χ4v) is 9.82. The molecule has 4 N–H and O–H groups in total. The maximum absolute atomic E-state index is 15.4. The molecule has 73 heavy (non-hydrogen) atoms. The van der Waals surface area contributed by atoms with Crippen molar-refractivity contribution >= 4 is 63.4 Å². The molecule has 0 spiro atoms. The Morgan fingerprint density at radius 2 is 1.38 bits per heavy atom. The lowest BCUT2D eigenvalue weighted by atomic mass is 9.97. The maximum Gasteiger partial charge on any atom is 0.246 e. The minimum atomic E-state index is -1.35. The minimum absolute atomic E-state index is 0.00938. The number of likely N-dealkylation sites (N-methyl/N-ethyl adjacent to an activating group) is 2. The molecule has 2 bridgehead atoms. The molecule has 2 aromatic carbocycles. The summed E-state index contributed by atoms with van der Waals surface area (Å²) in [4.78, 5) is 113. The van der Waals surface area contributed by atoms with Gasteiger partial charge in [0.1, 0.15) is 47.8 Å². The Hall–Kier alpha value is -6.78. The molecule has 2 aromatic heterocycles. The molecule has 0 radical (unpaired) electrons. The molecule has 7 amide bonds. The number of benzene rings is 2. The summed E-state index contributed by atoms with van der Waals surface area (Å²) in [6.45, 7) is 19.5. The van der Waals surface area contributed by atoms with Crippen molar-refractivity contribution in [3.8, 4) is 0 Å².